The molecule has 2 amide bonds. The molecule has 3 aliphatic rings. The first-order valence-electron chi connectivity index (χ1n) is 12.8. The predicted octanol–water partition coefficient (Wildman–Crippen LogP) is 2.53. The van der Waals surface area contributed by atoms with E-state index in [1.165, 1.54) is 36.5 Å². The van der Waals surface area contributed by atoms with Crippen LogP contribution in [-0.2, 0) is 9.47 Å². The van der Waals surface area contributed by atoms with Crippen LogP contribution in [0.1, 0.15) is 38.1 Å². The van der Waals surface area contributed by atoms with Crippen LogP contribution in [0.4, 0.5) is 13.6 Å². The lowest BCUT2D eigenvalue weighted by molar-refractivity contribution is -0.215. The summed E-state index contributed by atoms with van der Waals surface area (Å²) < 4.78 is 41.7. The maximum atomic E-state index is 14.5. The minimum atomic E-state index is -1.26. The summed E-state index contributed by atoms with van der Waals surface area (Å²) >= 11 is 5.67. The Bertz CT molecular complexity index is 1160. The fraction of sp³-hybridized carbons (Fsp3) is 0.640. The molecule has 0 bridgehead atoms. The fourth-order valence-electron chi connectivity index (χ4n) is 6.09. The smallest absolute Gasteiger partial charge is 0.317 e. The van der Waals surface area contributed by atoms with Gasteiger partial charge in [-0.3, -0.25) is 0 Å². The average Bonchev–Trinajstić information content (AvgIpc) is 3.40. The highest BCUT2D eigenvalue weighted by atomic mass is 35.5. The summed E-state index contributed by atoms with van der Waals surface area (Å²) in [5.41, 5.74) is -0.109. The SMILES string of the molecule is CO[C@@H]1[C@@H](n2cc(-c3ccc(Cl)c(F)c3F)nn2)[C@@H](O)[C@@H](CO)O[C@@H]1CN1CC2(CCCCC2)CNC1=O. The molecule has 13 heteroatoms. The third-order valence-electron chi connectivity index (χ3n) is 8.11. The Balaban J connectivity index is 1.41. The van der Waals surface area contributed by atoms with Gasteiger partial charge in [0.15, 0.2) is 11.6 Å². The minimum Gasteiger partial charge on any atom is -0.394 e. The highest BCUT2D eigenvalue weighted by Crippen LogP contribution is 2.39. The van der Waals surface area contributed by atoms with Crippen LogP contribution in [0.15, 0.2) is 18.3 Å². The molecule has 5 rings (SSSR count). The number of methoxy groups -OCH3 is 1. The number of carbonyl (C=O) groups is 1. The van der Waals surface area contributed by atoms with Gasteiger partial charge in [-0.25, -0.2) is 18.3 Å². The Hall–Kier alpha value is -2.38. The van der Waals surface area contributed by atoms with Crippen molar-refractivity contribution < 1.29 is 33.3 Å². The molecule has 1 spiro atoms. The minimum absolute atomic E-state index is 0.0113. The van der Waals surface area contributed by atoms with Crippen LogP contribution < -0.4 is 5.32 Å². The molecule has 1 saturated carbocycles. The zero-order valence-corrected chi connectivity index (χ0v) is 21.8. The molecule has 2 aromatic rings. The van der Waals surface area contributed by atoms with Gasteiger partial charge in [-0.05, 0) is 25.0 Å². The Morgan fingerprint density at radius 2 is 2.00 bits per heavy atom. The lowest BCUT2D eigenvalue weighted by Gasteiger charge is -2.48. The number of urea groups is 1. The lowest BCUT2D eigenvalue weighted by atomic mass is 9.72. The van der Waals surface area contributed by atoms with Gasteiger partial charge in [0.2, 0.25) is 0 Å². The van der Waals surface area contributed by atoms with Crippen LogP contribution in [0.2, 0.25) is 5.02 Å². The van der Waals surface area contributed by atoms with Gasteiger partial charge in [-0.2, -0.15) is 0 Å². The zero-order chi connectivity index (χ0) is 27.0. The summed E-state index contributed by atoms with van der Waals surface area (Å²) in [6.45, 7) is 0.913. The Labute approximate surface area is 223 Å². The summed E-state index contributed by atoms with van der Waals surface area (Å²) in [7, 11) is 1.45. The molecule has 2 aliphatic heterocycles. The van der Waals surface area contributed by atoms with E-state index < -0.39 is 48.7 Å². The number of ether oxygens (including phenoxy) is 2. The molecule has 5 atom stereocenters. The largest absolute Gasteiger partial charge is 0.394 e. The molecule has 38 heavy (non-hydrogen) atoms. The van der Waals surface area contributed by atoms with Crippen molar-refractivity contribution in [3.05, 3.63) is 35.0 Å². The predicted molar refractivity (Wildman–Crippen MR) is 132 cm³/mol. The second-order valence-electron chi connectivity index (χ2n) is 10.5. The summed E-state index contributed by atoms with van der Waals surface area (Å²) in [6, 6.07) is 1.41. The fourth-order valence-corrected chi connectivity index (χ4v) is 6.24. The second kappa shape index (κ2) is 11.0. The summed E-state index contributed by atoms with van der Waals surface area (Å²) in [5.74, 6) is -2.37. The standard InChI is InChI=1S/C25H32ClF2N5O5/c1-37-23-17(10-32-13-25(12-29-24(32)36)7-3-2-4-8-25)38-18(11-34)22(35)21(23)33-9-16(30-31-33)14-5-6-15(26)20(28)19(14)27/h5-6,9,17-18,21-23,34-35H,2-4,7-8,10-13H2,1H3,(H,29,36)/t17-,18-,21+,22+,23+/m1/s1. The Morgan fingerprint density at radius 1 is 1.24 bits per heavy atom. The van der Waals surface area contributed by atoms with Gasteiger partial charge in [0.25, 0.3) is 0 Å². The summed E-state index contributed by atoms with van der Waals surface area (Å²) in [4.78, 5) is 14.5. The van der Waals surface area contributed by atoms with E-state index in [9.17, 15) is 23.8 Å². The van der Waals surface area contributed by atoms with E-state index in [-0.39, 0.29) is 34.3 Å². The number of aromatic nitrogens is 3. The van der Waals surface area contributed by atoms with Crippen molar-refractivity contribution >= 4 is 17.6 Å². The van der Waals surface area contributed by atoms with Crippen molar-refractivity contribution in [2.24, 2.45) is 5.41 Å². The maximum Gasteiger partial charge on any atom is 0.317 e. The van der Waals surface area contributed by atoms with Crippen LogP contribution in [-0.4, -0.2) is 93.9 Å². The topological polar surface area (TPSA) is 122 Å². The van der Waals surface area contributed by atoms with E-state index in [0.717, 1.165) is 25.7 Å². The number of aliphatic hydroxyl groups excluding tert-OH is 2. The average molecular weight is 556 g/mol. The number of carbonyl (C=O) groups excluding carboxylic acids is 1. The van der Waals surface area contributed by atoms with Crippen LogP contribution in [0.3, 0.4) is 0 Å². The number of aliphatic hydroxyl groups is 2. The van der Waals surface area contributed by atoms with Gasteiger partial charge in [0.1, 0.15) is 36.2 Å². The number of hydrogen-bond acceptors (Lipinski definition) is 7. The van der Waals surface area contributed by atoms with Gasteiger partial charge in [0, 0.05) is 31.2 Å². The normalized spacial score (nSPS) is 29.5. The van der Waals surface area contributed by atoms with Gasteiger partial charge in [0.05, 0.1) is 24.4 Å². The first kappa shape index (κ1) is 27.2. The Kier molecular flexibility index (Phi) is 7.88. The van der Waals surface area contributed by atoms with Crippen LogP contribution in [0.25, 0.3) is 11.3 Å². The number of benzene rings is 1. The van der Waals surface area contributed by atoms with Crippen LogP contribution >= 0.6 is 11.6 Å². The molecule has 0 radical (unpaired) electrons. The summed E-state index contributed by atoms with van der Waals surface area (Å²) in [5, 5.41) is 31.7. The van der Waals surface area contributed by atoms with Crippen molar-refractivity contribution in [3.63, 3.8) is 0 Å². The highest BCUT2D eigenvalue weighted by molar-refractivity contribution is 6.30. The molecular formula is C25H32ClF2N5O5. The molecule has 3 N–H and O–H groups in total. The molecule has 0 unspecified atom stereocenters. The maximum absolute atomic E-state index is 14.5. The molecule has 3 fully saturated rings. The van der Waals surface area contributed by atoms with Crippen molar-refractivity contribution in [3.8, 4) is 11.3 Å². The van der Waals surface area contributed by atoms with E-state index in [2.05, 4.69) is 15.6 Å². The van der Waals surface area contributed by atoms with E-state index in [0.29, 0.717) is 13.1 Å². The van der Waals surface area contributed by atoms with Gasteiger partial charge in [-0.1, -0.05) is 36.1 Å². The highest BCUT2D eigenvalue weighted by Gasteiger charge is 2.49. The molecule has 1 aromatic carbocycles. The number of amides is 2. The second-order valence-corrected chi connectivity index (χ2v) is 10.9. The third-order valence-corrected chi connectivity index (χ3v) is 8.40. The molecular weight excluding hydrogens is 524 g/mol. The quantitative estimate of drug-likeness (QED) is 0.468. The van der Waals surface area contributed by atoms with Gasteiger partial charge in [-0.15, -0.1) is 5.10 Å². The van der Waals surface area contributed by atoms with Crippen molar-refractivity contribution in [2.45, 2.75) is 62.6 Å². The first-order chi connectivity index (χ1) is 18.3. The van der Waals surface area contributed by atoms with E-state index in [4.69, 9.17) is 21.1 Å². The van der Waals surface area contributed by atoms with Crippen molar-refractivity contribution in [2.75, 3.05) is 33.4 Å². The van der Waals surface area contributed by atoms with E-state index in [1.54, 1.807) is 4.90 Å². The number of halogens is 3. The molecule has 1 aliphatic carbocycles. The van der Waals surface area contributed by atoms with E-state index in [1.807, 2.05) is 0 Å². The molecule has 3 heterocycles. The van der Waals surface area contributed by atoms with Gasteiger partial charge < -0.3 is 29.9 Å². The zero-order valence-electron chi connectivity index (χ0n) is 21.0. The number of nitrogens with one attached hydrogen (secondary N) is 1. The molecule has 1 aromatic heterocycles. The molecule has 2 saturated heterocycles. The first-order valence-corrected chi connectivity index (χ1v) is 13.2. The van der Waals surface area contributed by atoms with Crippen molar-refractivity contribution in [1.82, 2.24) is 25.2 Å². The third kappa shape index (κ3) is 5.00. The monoisotopic (exact) mass is 555 g/mol. The number of hydrogen-bond donors (Lipinski definition) is 3. The van der Waals surface area contributed by atoms with Crippen LogP contribution in [0.5, 0.6) is 0 Å². The summed E-state index contributed by atoms with van der Waals surface area (Å²) in [6.07, 6.45) is 3.10. The Morgan fingerprint density at radius 3 is 2.71 bits per heavy atom. The molecule has 10 nitrogen and oxygen atoms in total. The molecule has 208 valence electrons. The number of rotatable bonds is 6. The lowest BCUT2D eigenvalue weighted by Crippen LogP contribution is -2.63. The van der Waals surface area contributed by atoms with Crippen LogP contribution in [0, 0.1) is 17.0 Å². The van der Waals surface area contributed by atoms with E-state index >= 15 is 0 Å². The van der Waals surface area contributed by atoms with Gasteiger partial charge >= 0.3 is 6.03 Å². The van der Waals surface area contributed by atoms with Crippen molar-refractivity contribution in [1.29, 1.82) is 0 Å². The number of nitrogens with zero attached hydrogens (tertiary/aromatic N) is 4.